The highest BCUT2D eigenvalue weighted by Gasteiger charge is 2.30. The van der Waals surface area contributed by atoms with Gasteiger partial charge in [-0.25, -0.2) is 4.79 Å². The molecule has 1 aliphatic heterocycles. The van der Waals surface area contributed by atoms with Crippen molar-refractivity contribution < 1.29 is 14.3 Å². The summed E-state index contributed by atoms with van der Waals surface area (Å²) < 4.78 is 4.61. The molecule has 11 heavy (non-hydrogen) atoms. The molecule has 0 saturated carbocycles. The van der Waals surface area contributed by atoms with E-state index in [1.54, 1.807) is 4.90 Å². The van der Waals surface area contributed by atoms with Gasteiger partial charge in [0.15, 0.2) is 0 Å². The summed E-state index contributed by atoms with van der Waals surface area (Å²) in [5, 5.41) is 0. The zero-order valence-corrected chi connectivity index (χ0v) is 6.24. The third kappa shape index (κ3) is 1.83. The molecule has 0 aromatic carbocycles. The van der Waals surface area contributed by atoms with Crippen LogP contribution in [0.3, 0.4) is 0 Å². The van der Waals surface area contributed by atoms with Crippen LogP contribution in [0.2, 0.25) is 0 Å². The van der Waals surface area contributed by atoms with Crippen LogP contribution in [0.5, 0.6) is 0 Å². The van der Waals surface area contributed by atoms with Gasteiger partial charge in [-0.2, -0.15) is 0 Å². The summed E-state index contributed by atoms with van der Waals surface area (Å²) in [6, 6.07) is 0. The standard InChI is InChI=1S/C6H10N2O3/c1-4(9)8-2-5(3-8)11-6(7)10/h5H,2-3H2,1H3,(H2,7,10). The van der Waals surface area contributed by atoms with Gasteiger partial charge in [-0.3, -0.25) is 4.79 Å². The smallest absolute Gasteiger partial charge is 0.404 e. The summed E-state index contributed by atoms with van der Waals surface area (Å²) in [6.07, 6.45) is -0.977. The minimum absolute atomic E-state index is 0.00526. The Morgan fingerprint density at radius 2 is 2.09 bits per heavy atom. The van der Waals surface area contributed by atoms with Gasteiger partial charge in [0.25, 0.3) is 0 Å². The van der Waals surface area contributed by atoms with E-state index in [2.05, 4.69) is 4.74 Å². The SMILES string of the molecule is CC(=O)N1CC(OC(N)=O)C1. The van der Waals surface area contributed by atoms with Gasteiger partial charge in [0, 0.05) is 6.92 Å². The van der Waals surface area contributed by atoms with E-state index in [1.165, 1.54) is 6.92 Å². The molecule has 0 aromatic heterocycles. The molecule has 1 fully saturated rings. The molecule has 1 rings (SSSR count). The lowest BCUT2D eigenvalue weighted by molar-refractivity contribution is -0.138. The second kappa shape index (κ2) is 2.77. The van der Waals surface area contributed by atoms with Gasteiger partial charge >= 0.3 is 6.09 Å². The Morgan fingerprint density at radius 1 is 1.55 bits per heavy atom. The predicted octanol–water partition coefficient (Wildman–Crippen LogP) is -0.688. The van der Waals surface area contributed by atoms with Gasteiger partial charge in [0.2, 0.25) is 5.91 Å². The molecule has 0 bridgehead atoms. The number of primary amides is 1. The molecule has 0 spiro atoms. The zero-order chi connectivity index (χ0) is 8.43. The van der Waals surface area contributed by atoms with Crippen LogP contribution in [-0.2, 0) is 9.53 Å². The third-order valence-corrected chi connectivity index (χ3v) is 1.58. The normalized spacial score (nSPS) is 17.4. The Kier molecular flexibility index (Phi) is 1.98. The first-order valence-corrected chi connectivity index (χ1v) is 3.31. The summed E-state index contributed by atoms with van der Waals surface area (Å²) in [5.74, 6) is -0.00526. The average Bonchev–Trinajstić information content (AvgIpc) is 1.75. The molecule has 0 aromatic rings. The highest BCUT2D eigenvalue weighted by molar-refractivity contribution is 5.74. The van der Waals surface area contributed by atoms with Crippen LogP contribution in [0.1, 0.15) is 6.92 Å². The monoisotopic (exact) mass is 158 g/mol. The lowest BCUT2D eigenvalue weighted by Gasteiger charge is -2.37. The molecular weight excluding hydrogens is 148 g/mol. The zero-order valence-electron chi connectivity index (χ0n) is 6.24. The van der Waals surface area contributed by atoms with Crippen LogP contribution < -0.4 is 5.73 Å². The maximum absolute atomic E-state index is 10.6. The maximum atomic E-state index is 10.6. The molecule has 5 heteroatoms. The molecule has 0 atom stereocenters. The van der Waals surface area contributed by atoms with E-state index in [4.69, 9.17) is 5.73 Å². The number of rotatable bonds is 1. The van der Waals surface area contributed by atoms with Crippen molar-refractivity contribution in [3.63, 3.8) is 0 Å². The topological polar surface area (TPSA) is 72.6 Å². The molecule has 0 radical (unpaired) electrons. The third-order valence-electron chi connectivity index (χ3n) is 1.58. The van der Waals surface area contributed by atoms with Crippen molar-refractivity contribution in [2.45, 2.75) is 13.0 Å². The van der Waals surface area contributed by atoms with Crippen LogP contribution in [0.15, 0.2) is 0 Å². The van der Waals surface area contributed by atoms with Crippen molar-refractivity contribution in [2.24, 2.45) is 5.73 Å². The summed E-state index contributed by atoms with van der Waals surface area (Å²) in [6.45, 7) is 2.41. The van der Waals surface area contributed by atoms with Crippen molar-refractivity contribution in [3.8, 4) is 0 Å². The van der Waals surface area contributed by atoms with Crippen LogP contribution in [-0.4, -0.2) is 36.1 Å². The van der Waals surface area contributed by atoms with Gasteiger partial charge in [0.1, 0.15) is 6.10 Å². The molecule has 2 amide bonds. The Balaban J connectivity index is 2.19. The highest BCUT2D eigenvalue weighted by Crippen LogP contribution is 2.10. The number of carbonyl (C=O) groups excluding carboxylic acids is 2. The number of nitrogens with zero attached hydrogens (tertiary/aromatic N) is 1. The predicted molar refractivity (Wildman–Crippen MR) is 36.7 cm³/mol. The van der Waals surface area contributed by atoms with Crippen molar-refractivity contribution in [2.75, 3.05) is 13.1 Å². The van der Waals surface area contributed by atoms with Crippen LogP contribution in [0.4, 0.5) is 4.79 Å². The Hall–Kier alpha value is -1.26. The highest BCUT2D eigenvalue weighted by atomic mass is 16.6. The van der Waals surface area contributed by atoms with Crippen molar-refractivity contribution in [3.05, 3.63) is 0 Å². The second-order valence-corrected chi connectivity index (χ2v) is 2.48. The first kappa shape index (κ1) is 7.84. The number of amides is 2. The van der Waals surface area contributed by atoms with E-state index >= 15 is 0 Å². The van der Waals surface area contributed by atoms with E-state index in [-0.39, 0.29) is 12.0 Å². The fourth-order valence-corrected chi connectivity index (χ4v) is 0.934. The number of carbonyl (C=O) groups is 2. The van der Waals surface area contributed by atoms with E-state index in [9.17, 15) is 9.59 Å². The summed E-state index contributed by atoms with van der Waals surface area (Å²) in [7, 11) is 0. The molecule has 1 saturated heterocycles. The quantitative estimate of drug-likeness (QED) is 0.549. The molecule has 2 N–H and O–H groups in total. The number of nitrogens with two attached hydrogens (primary N) is 1. The molecule has 0 unspecified atom stereocenters. The second-order valence-electron chi connectivity index (χ2n) is 2.48. The number of hydrogen-bond donors (Lipinski definition) is 1. The van der Waals surface area contributed by atoms with E-state index in [0.717, 1.165) is 0 Å². The minimum atomic E-state index is -0.779. The van der Waals surface area contributed by atoms with Crippen molar-refractivity contribution in [1.29, 1.82) is 0 Å². The molecule has 0 aliphatic carbocycles. The van der Waals surface area contributed by atoms with E-state index in [1.807, 2.05) is 0 Å². The van der Waals surface area contributed by atoms with Gasteiger partial charge in [-0.15, -0.1) is 0 Å². The fraction of sp³-hybridized carbons (Fsp3) is 0.667. The van der Waals surface area contributed by atoms with Gasteiger partial charge in [-0.1, -0.05) is 0 Å². The molecular formula is C6H10N2O3. The summed E-state index contributed by atoms with van der Waals surface area (Å²) in [4.78, 5) is 22.4. The Labute approximate surface area is 64.1 Å². The lowest BCUT2D eigenvalue weighted by Crippen LogP contribution is -2.55. The molecule has 62 valence electrons. The van der Waals surface area contributed by atoms with Crippen molar-refractivity contribution >= 4 is 12.0 Å². The van der Waals surface area contributed by atoms with Gasteiger partial charge in [-0.05, 0) is 0 Å². The number of likely N-dealkylation sites (tertiary alicyclic amines) is 1. The van der Waals surface area contributed by atoms with Crippen LogP contribution in [0, 0.1) is 0 Å². The lowest BCUT2D eigenvalue weighted by atomic mass is 10.2. The number of hydrogen-bond acceptors (Lipinski definition) is 3. The molecule has 1 aliphatic rings. The number of ether oxygens (including phenoxy) is 1. The van der Waals surface area contributed by atoms with Crippen molar-refractivity contribution in [1.82, 2.24) is 4.90 Å². The van der Waals surface area contributed by atoms with E-state index < -0.39 is 6.09 Å². The largest absolute Gasteiger partial charge is 0.443 e. The Bertz CT molecular complexity index is 186. The fourth-order valence-electron chi connectivity index (χ4n) is 0.934. The van der Waals surface area contributed by atoms with Crippen LogP contribution in [0.25, 0.3) is 0 Å². The first-order valence-electron chi connectivity index (χ1n) is 3.31. The average molecular weight is 158 g/mol. The summed E-state index contributed by atoms with van der Waals surface area (Å²) >= 11 is 0. The van der Waals surface area contributed by atoms with E-state index in [0.29, 0.717) is 13.1 Å². The van der Waals surface area contributed by atoms with Gasteiger partial charge < -0.3 is 15.4 Å². The molecule has 1 heterocycles. The minimum Gasteiger partial charge on any atom is -0.443 e. The molecule has 5 nitrogen and oxygen atoms in total. The summed E-state index contributed by atoms with van der Waals surface area (Å²) in [5.41, 5.74) is 4.76. The van der Waals surface area contributed by atoms with Gasteiger partial charge in [0.05, 0.1) is 13.1 Å². The van der Waals surface area contributed by atoms with Crippen LogP contribution >= 0.6 is 0 Å². The first-order chi connectivity index (χ1) is 5.09. The Morgan fingerprint density at radius 3 is 2.45 bits per heavy atom. The maximum Gasteiger partial charge on any atom is 0.404 e.